The first-order chi connectivity index (χ1) is 13.6. The lowest BCUT2D eigenvalue weighted by molar-refractivity contribution is -0.120. The first-order valence-electron chi connectivity index (χ1n) is 9.68. The number of ether oxygens (including phenoxy) is 1. The molecular formula is C22H28ClN3O2S. The van der Waals surface area contributed by atoms with Gasteiger partial charge >= 0.3 is 0 Å². The number of anilines is 1. The number of halogens is 1. The number of likely N-dealkylation sites (N-methyl/N-ethyl adjacent to an activating group) is 1. The van der Waals surface area contributed by atoms with E-state index in [0.717, 1.165) is 40.5 Å². The van der Waals surface area contributed by atoms with E-state index in [1.165, 1.54) is 0 Å². The molecule has 0 saturated carbocycles. The lowest BCUT2D eigenvalue weighted by atomic mass is 10.2. The van der Waals surface area contributed by atoms with Crippen molar-refractivity contribution in [1.82, 2.24) is 9.88 Å². The zero-order chi connectivity index (χ0) is 19.9. The fourth-order valence-electron chi connectivity index (χ4n) is 2.94. The normalized spacial score (nSPS) is 10.8. The third-order valence-corrected chi connectivity index (χ3v) is 5.79. The molecule has 2 aromatic carbocycles. The van der Waals surface area contributed by atoms with Crippen LogP contribution in [0.1, 0.15) is 19.4 Å². The quantitative estimate of drug-likeness (QED) is 0.487. The van der Waals surface area contributed by atoms with Crippen molar-refractivity contribution >= 4 is 45.0 Å². The molecule has 0 atom stereocenters. The van der Waals surface area contributed by atoms with Crippen molar-refractivity contribution in [3.63, 3.8) is 0 Å². The van der Waals surface area contributed by atoms with Crippen molar-refractivity contribution in [3.8, 4) is 5.75 Å². The molecule has 3 aromatic rings. The second kappa shape index (κ2) is 11.1. The zero-order valence-electron chi connectivity index (χ0n) is 17.1. The molecule has 0 saturated heterocycles. The number of fused-ring (bicyclic) bond motifs is 1. The summed E-state index contributed by atoms with van der Waals surface area (Å²) < 4.78 is 6.81. The van der Waals surface area contributed by atoms with Crippen LogP contribution in [-0.2, 0) is 4.79 Å². The average Bonchev–Trinajstić information content (AvgIpc) is 3.14. The van der Waals surface area contributed by atoms with Gasteiger partial charge in [0.25, 0.3) is 5.91 Å². The maximum atomic E-state index is 13.0. The molecule has 0 bridgehead atoms. The molecule has 1 heterocycles. The van der Waals surface area contributed by atoms with E-state index in [1.807, 2.05) is 55.5 Å². The van der Waals surface area contributed by atoms with Crippen LogP contribution in [0, 0.1) is 6.92 Å². The van der Waals surface area contributed by atoms with Crippen LogP contribution in [0.5, 0.6) is 5.75 Å². The lowest BCUT2D eigenvalue weighted by Gasteiger charge is -2.24. The van der Waals surface area contributed by atoms with Gasteiger partial charge in [0.05, 0.1) is 10.2 Å². The molecule has 0 unspecified atom stereocenters. The molecule has 0 fully saturated rings. The van der Waals surface area contributed by atoms with Gasteiger partial charge in [0.2, 0.25) is 0 Å². The van der Waals surface area contributed by atoms with E-state index in [-0.39, 0.29) is 24.9 Å². The minimum atomic E-state index is -0.0770. The van der Waals surface area contributed by atoms with Crippen molar-refractivity contribution < 1.29 is 9.53 Å². The molecule has 7 heteroatoms. The highest BCUT2D eigenvalue weighted by molar-refractivity contribution is 7.22. The SMILES string of the molecule is CCN(CC)CCN(C(=O)COc1ccc(C)cc1)c1nc2ccccc2s1.Cl. The molecule has 156 valence electrons. The van der Waals surface area contributed by atoms with Crippen molar-refractivity contribution in [2.24, 2.45) is 0 Å². The van der Waals surface area contributed by atoms with E-state index in [1.54, 1.807) is 16.2 Å². The Morgan fingerprint density at radius 2 is 1.72 bits per heavy atom. The van der Waals surface area contributed by atoms with Crippen molar-refractivity contribution in [3.05, 3.63) is 54.1 Å². The number of hydrogen-bond donors (Lipinski definition) is 0. The molecule has 1 aromatic heterocycles. The number of thiazole rings is 1. The van der Waals surface area contributed by atoms with Gasteiger partial charge in [-0.1, -0.05) is 55.0 Å². The molecule has 29 heavy (non-hydrogen) atoms. The summed E-state index contributed by atoms with van der Waals surface area (Å²) >= 11 is 1.54. The number of rotatable bonds is 9. The van der Waals surface area contributed by atoms with Crippen LogP contribution in [-0.4, -0.2) is 48.6 Å². The zero-order valence-corrected chi connectivity index (χ0v) is 18.8. The van der Waals surface area contributed by atoms with E-state index in [9.17, 15) is 4.79 Å². The van der Waals surface area contributed by atoms with Crippen molar-refractivity contribution in [2.75, 3.05) is 37.7 Å². The van der Waals surface area contributed by atoms with Crippen LogP contribution in [0.2, 0.25) is 0 Å². The third-order valence-electron chi connectivity index (χ3n) is 4.73. The smallest absolute Gasteiger partial charge is 0.266 e. The molecule has 0 aliphatic heterocycles. The highest BCUT2D eigenvalue weighted by Crippen LogP contribution is 2.28. The fourth-order valence-corrected chi connectivity index (χ4v) is 3.95. The summed E-state index contributed by atoms with van der Waals surface area (Å²) in [5, 5.41) is 0.728. The van der Waals surface area contributed by atoms with E-state index in [2.05, 4.69) is 23.7 Å². The largest absolute Gasteiger partial charge is 0.484 e. The Hall–Kier alpha value is -2.15. The molecule has 0 radical (unpaired) electrons. The van der Waals surface area contributed by atoms with Gasteiger partial charge in [0, 0.05) is 13.1 Å². The highest BCUT2D eigenvalue weighted by atomic mass is 35.5. The summed E-state index contributed by atoms with van der Waals surface area (Å²) in [7, 11) is 0. The Morgan fingerprint density at radius 1 is 1.03 bits per heavy atom. The number of para-hydroxylation sites is 1. The Bertz CT molecular complexity index is 877. The van der Waals surface area contributed by atoms with Crippen LogP contribution in [0.25, 0.3) is 10.2 Å². The maximum Gasteiger partial charge on any atom is 0.266 e. The van der Waals surface area contributed by atoms with Gasteiger partial charge in [0.1, 0.15) is 5.75 Å². The molecule has 5 nitrogen and oxygen atoms in total. The Labute approximate surface area is 182 Å². The predicted octanol–water partition coefficient (Wildman–Crippen LogP) is 4.78. The Balaban J connectivity index is 0.00000300. The van der Waals surface area contributed by atoms with Gasteiger partial charge in [-0.05, 0) is 44.3 Å². The first-order valence-corrected chi connectivity index (χ1v) is 10.5. The van der Waals surface area contributed by atoms with E-state index < -0.39 is 0 Å². The molecule has 3 rings (SSSR count). The molecule has 0 N–H and O–H groups in total. The molecule has 0 aliphatic carbocycles. The van der Waals surface area contributed by atoms with Gasteiger partial charge in [-0.2, -0.15) is 0 Å². The van der Waals surface area contributed by atoms with Crippen molar-refractivity contribution in [2.45, 2.75) is 20.8 Å². The van der Waals surface area contributed by atoms with Gasteiger partial charge in [-0.3, -0.25) is 9.69 Å². The summed E-state index contributed by atoms with van der Waals surface area (Å²) in [6.45, 7) is 9.60. The molecular weight excluding hydrogens is 406 g/mol. The fraction of sp³-hybridized carbons (Fsp3) is 0.364. The topological polar surface area (TPSA) is 45.7 Å². The minimum absolute atomic E-state index is 0. The number of carbonyl (C=O) groups is 1. The van der Waals surface area contributed by atoms with Gasteiger partial charge in [0.15, 0.2) is 11.7 Å². The number of benzene rings is 2. The molecule has 0 spiro atoms. The minimum Gasteiger partial charge on any atom is -0.484 e. The number of nitrogens with zero attached hydrogens (tertiary/aromatic N) is 3. The number of hydrogen-bond acceptors (Lipinski definition) is 5. The second-order valence-corrected chi connectivity index (χ2v) is 7.65. The third kappa shape index (κ3) is 6.16. The second-order valence-electron chi connectivity index (χ2n) is 6.64. The monoisotopic (exact) mass is 433 g/mol. The van der Waals surface area contributed by atoms with E-state index in [0.29, 0.717) is 12.3 Å². The standard InChI is InChI=1S/C22H27N3O2S.ClH/c1-4-24(5-2)14-15-25(22-23-19-8-6-7-9-20(19)28-22)21(26)16-27-18-12-10-17(3)11-13-18;/h6-13H,4-5,14-16H2,1-3H3;1H. The number of aromatic nitrogens is 1. The summed E-state index contributed by atoms with van der Waals surface area (Å²) in [6.07, 6.45) is 0. The van der Waals surface area contributed by atoms with Crippen molar-refractivity contribution in [1.29, 1.82) is 0 Å². The first kappa shape index (κ1) is 23.1. The Kier molecular flexibility index (Phi) is 8.89. The summed E-state index contributed by atoms with van der Waals surface area (Å²) in [4.78, 5) is 21.7. The number of aryl methyl sites for hydroxylation is 1. The van der Waals surface area contributed by atoms with E-state index in [4.69, 9.17) is 4.74 Å². The molecule has 0 aliphatic rings. The maximum absolute atomic E-state index is 13.0. The summed E-state index contributed by atoms with van der Waals surface area (Å²) in [5.74, 6) is 0.624. The number of amides is 1. The van der Waals surface area contributed by atoms with Crippen LogP contribution in [0.4, 0.5) is 5.13 Å². The summed E-state index contributed by atoms with van der Waals surface area (Å²) in [6, 6.07) is 15.7. The van der Waals surface area contributed by atoms with Gasteiger partial charge < -0.3 is 9.64 Å². The lowest BCUT2D eigenvalue weighted by Crippen LogP contribution is -2.41. The average molecular weight is 434 g/mol. The van der Waals surface area contributed by atoms with Crippen LogP contribution < -0.4 is 9.64 Å². The van der Waals surface area contributed by atoms with Gasteiger partial charge in [-0.15, -0.1) is 12.4 Å². The summed E-state index contributed by atoms with van der Waals surface area (Å²) in [5.41, 5.74) is 2.08. The van der Waals surface area contributed by atoms with E-state index >= 15 is 0 Å². The predicted molar refractivity (Wildman–Crippen MR) is 124 cm³/mol. The van der Waals surface area contributed by atoms with Crippen LogP contribution in [0.15, 0.2) is 48.5 Å². The Morgan fingerprint density at radius 3 is 2.38 bits per heavy atom. The number of carbonyl (C=O) groups excluding carboxylic acids is 1. The molecule has 1 amide bonds. The van der Waals surface area contributed by atoms with Crippen LogP contribution in [0.3, 0.4) is 0 Å². The highest BCUT2D eigenvalue weighted by Gasteiger charge is 2.21. The van der Waals surface area contributed by atoms with Gasteiger partial charge in [-0.25, -0.2) is 4.98 Å². The van der Waals surface area contributed by atoms with Crippen LogP contribution >= 0.6 is 23.7 Å².